The predicted octanol–water partition coefficient (Wildman–Crippen LogP) is 2.83. The molecule has 0 aliphatic heterocycles. The van der Waals surface area contributed by atoms with Crippen LogP contribution in [0.3, 0.4) is 0 Å². The van der Waals surface area contributed by atoms with Crippen LogP contribution in [-0.4, -0.2) is 32.1 Å². The molecule has 0 aliphatic carbocycles. The van der Waals surface area contributed by atoms with E-state index < -0.39 is 17.5 Å². The Labute approximate surface area is 150 Å². The third kappa shape index (κ3) is 5.35. The van der Waals surface area contributed by atoms with E-state index in [2.05, 4.69) is 10.6 Å². The van der Waals surface area contributed by atoms with E-state index in [0.29, 0.717) is 30.0 Å². The zero-order chi connectivity index (χ0) is 19.1. The maximum Gasteiger partial charge on any atom is 0.251 e. The van der Waals surface area contributed by atoms with Gasteiger partial charge >= 0.3 is 0 Å². The molecule has 0 aromatic heterocycles. The quantitative estimate of drug-likeness (QED) is 0.745. The molecule has 2 amide bonds. The molecular formula is C19H20F2N2O3. The Bertz CT molecular complexity index is 789. The first-order chi connectivity index (χ1) is 12.4. The van der Waals surface area contributed by atoms with Crippen molar-refractivity contribution in [3.8, 4) is 0 Å². The fourth-order valence-corrected chi connectivity index (χ4v) is 2.47. The molecule has 2 aromatic carbocycles. The number of benzene rings is 2. The van der Waals surface area contributed by atoms with Crippen LogP contribution < -0.4 is 10.6 Å². The molecule has 0 saturated carbocycles. The van der Waals surface area contributed by atoms with Crippen LogP contribution in [0.1, 0.15) is 21.5 Å². The van der Waals surface area contributed by atoms with Crippen molar-refractivity contribution in [1.29, 1.82) is 0 Å². The number of ether oxygens (including phenoxy) is 1. The third-order valence-corrected chi connectivity index (χ3v) is 3.73. The SMILES string of the molecule is COCCNC(=O)c1cccc(NC(=O)Cc2cc(F)cc(F)c2)c1C. The van der Waals surface area contributed by atoms with Crippen LogP contribution in [0.4, 0.5) is 14.5 Å². The van der Waals surface area contributed by atoms with Crippen molar-refractivity contribution in [3.05, 3.63) is 64.7 Å². The van der Waals surface area contributed by atoms with Gasteiger partial charge in [-0.2, -0.15) is 0 Å². The van der Waals surface area contributed by atoms with E-state index in [1.807, 2.05) is 0 Å². The second-order valence-corrected chi connectivity index (χ2v) is 5.73. The van der Waals surface area contributed by atoms with Gasteiger partial charge in [-0.3, -0.25) is 9.59 Å². The van der Waals surface area contributed by atoms with Gasteiger partial charge in [0.1, 0.15) is 11.6 Å². The number of hydrogen-bond donors (Lipinski definition) is 2. The minimum absolute atomic E-state index is 0.182. The normalized spacial score (nSPS) is 10.5. The Hall–Kier alpha value is -2.80. The number of anilines is 1. The number of amides is 2. The van der Waals surface area contributed by atoms with Crippen LogP contribution in [0.15, 0.2) is 36.4 Å². The highest BCUT2D eigenvalue weighted by Gasteiger charge is 2.13. The van der Waals surface area contributed by atoms with Gasteiger partial charge in [-0.15, -0.1) is 0 Å². The Morgan fingerprint density at radius 3 is 2.46 bits per heavy atom. The summed E-state index contributed by atoms with van der Waals surface area (Å²) in [5.41, 5.74) is 1.72. The lowest BCUT2D eigenvalue weighted by atomic mass is 10.1. The Morgan fingerprint density at radius 1 is 1.12 bits per heavy atom. The first-order valence-electron chi connectivity index (χ1n) is 8.02. The van der Waals surface area contributed by atoms with E-state index in [9.17, 15) is 18.4 Å². The summed E-state index contributed by atoms with van der Waals surface area (Å²) < 4.78 is 31.3. The number of carbonyl (C=O) groups is 2. The highest BCUT2D eigenvalue weighted by molar-refractivity contribution is 5.99. The second-order valence-electron chi connectivity index (χ2n) is 5.73. The minimum Gasteiger partial charge on any atom is -0.383 e. The standard InChI is InChI=1S/C19H20F2N2O3/c1-12-16(19(25)22-6-7-26-2)4-3-5-17(12)23-18(24)10-13-8-14(20)11-15(21)9-13/h3-5,8-9,11H,6-7,10H2,1-2H3,(H,22,25)(H,23,24). The number of methoxy groups -OCH3 is 1. The zero-order valence-electron chi connectivity index (χ0n) is 14.6. The zero-order valence-corrected chi connectivity index (χ0v) is 14.6. The van der Waals surface area contributed by atoms with Crippen LogP contribution in [0.5, 0.6) is 0 Å². The van der Waals surface area contributed by atoms with Crippen LogP contribution in [0.2, 0.25) is 0 Å². The van der Waals surface area contributed by atoms with Crippen LogP contribution in [0, 0.1) is 18.6 Å². The van der Waals surface area contributed by atoms with Crippen molar-refractivity contribution in [2.24, 2.45) is 0 Å². The molecule has 0 heterocycles. The van der Waals surface area contributed by atoms with Gasteiger partial charge in [-0.1, -0.05) is 6.07 Å². The molecule has 0 unspecified atom stereocenters. The summed E-state index contributed by atoms with van der Waals surface area (Å²) in [7, 11) is 1.54. The number of carbonyl (C=O) groups excluding carboxylic acids is 2. The fourth-order valence-electron chi connectivity index (χ4n) is 2.47. The first-order valence-corrected chi connectivity index (χ1v) is 8.02. The molecule has 0 spiro atoms. The fraction of sp³-hybridized carbons (Fsp3) is 0.263. The molecule has 0 fully saturated rings. The molecule has 0 bridgehead atoms. The molecule has 2 N–H and O–H groups in total. The van der Waals surface area contributed by atoms with Gasteiger partial charge in [0.25, 0.3) is 5.91 Å². The average Bonchev–Trinajstić information content (AvgIpc) is 2.55. The summed E-state index contributed by atoms with van der Waals surface area (Å²) in [6, 6.07) is 7.91. The number of halogens is 2. The van der Waals surface area contributed by atoms with Gasteiger partial charge in [-0.25, -0.2) is 8.78 Å². The van der Waals surface area contributed by atoms with Gasteiger partial charge in [0.05, 0.1) is 13.0 Å². The lowest BCUT2D eigenvalue weighted by Crippen LogP contribution is -2.28. The van der Waals surface area contributed by atoms with E-state index in [1.54, 1.807) is 25.1 Å². The molecule has 5 nitrogen and oxygen atoms in total. The average molecular weight is 362 g/mol. The summed E-state index contributed by atoms with van der Waals surface area (Å²) in [5.74, 6) is -2.18. The molecule has 0 saturated heterocycles. The van der Waals surface area contributed by atoms with Crippen molar-refractivity contribution in [2.45, 2.75) is 13.3 Å². The van der Waals surface area contributed by atoms with E-state index in [1.165, 1.54) is 7.11 Å². The summed E-state index contributed by atoms with van der Waals surface area (Å²) in [6.07, 6.45) is -0.182. The lowest BCUT2D eigenvalue weighted by Gasteiger charge is -2.13. The van der Waals surface area contributed by atoms with Gasteiger partial charge in [0, 0.05) is 31.0 Å². The summed E-state index contributed by atoms with van der Waals surface area (Å²) in [6.45, 7) is 2.48. The number of hydrogen-bond acceptors (Lipinski definition) is 3. The minimum atomic E-state index is -0.737. The summed E-state index contributed by atoms with van der Waals surface area (Å²) in [5, 5.41) is 5.39. The number of rotatable bonds is 7. The van der Waals surface area contributed by atoms with Crippen LogP contribution in [-0.2, 0) is 16.0 Å². The summed E-state index contributed by atoms with van der Waals surface area (Å²) in [4.78, 5) is 24.4. The molecule has 26 heavy (non-hydrogen) atoms. The van der Waals surface area contributed by atoms with Crippen molar-refractivity contribution in [1.82, 2.24) is 5.32 Å². The van der Waals surface area contributed by atoms with E-state index >= 15 is 0 Å². The molecule has 2 aromatic rings. The number of nitrogens with one attached hydrogen (secondary N) is 2. The van der Waals surface area contributed by atoms with E-state index in [-0.39, 0.29) is 17.9 Å². The van der Waals surface area contributed by atoms with Crippen molar-refractivity contribution >= 4 is 17.5 Å². The molecule has 7 heteroatoms. The Morgan fingerprint density at radius 2 is 1.81 bits per heavy atom. The molecule has 0 atom stereocenters. The van der Waals surface area contributed by atoms with E-state index in [4.69, 9.17) is 4.74 Å². The topological polar surface area (TPSA) is 67.4 Å². The maximum atomic E-state index is 13.2. The van der Waals surface area contributed by atoms with Crippen LogP contribution in [0.25, 0.3) is 0 Å². The Balaban J connectivity index is 2.08. The van der Waals surface area contributed by atoms with Gasteiger partial charge < -0.3 is 15.4 Å². The molecule has 138 valence electrons. The van der Waals surface area contributed by atoms with Gasteiger partial charge in [0.15, 0.2) is 0 Å². The highest BCUT2D eigenvalue weighted by Crippen LogP contribution is 2.19. The highest BCUT2D eigenvalue weighted by atomic mass is 19.1. The van der Waals surface area contributed by atoms with E-state index in [0.717, 1.165) is 18.2 Å². The predicted molar refractivity (Wildman–Crippen MR) is 94.1 cm³/mol. The summed E-state index contributed by atoms with van der Waals surface area (Å²) >= 11 is 0. The second kappa shape index (κ2) is 9.05. The van der Waals surface area contributed by atoms with Crippen molar-refractivity contribution in [3.63, 3.8) is 0 Å². The first kappa shape index (κ1) is 19.5. The van der Waals surface area contributed by atoms with Crippen molar-refractivity contribution in [2.75, 3.05) is 25.6 Å². The van der Waals surface area contributed by atoms with Gasteiger partial charge in [-0.05, 0) is 42.3 Å². The van der Waals surface area contributed by atoms with Crippen molar-refractivity contribution < 1.29 is 23.1 Å². The lowest BCUT2D eigenvalue weighted by molar-refractivity contribution is -0.115. The third-order valence-electron chi connectivity index (χ3n) is 3.73. The molecule has 0 radical (unpaired) electrons. The smallest absolute Gasteiger partial charge is 0.251 e. The Kier molecular flexibility index (Phi) is 6.80. The molecular weight excluding hydrogens is 342 g/mol. The molecule has 0 aliphatic rings. The van der Waals surface area contributed by atoms with Gasteiger partial charge in [0.2, 0.25) is 5.91 Å². The maximum absolute atomic E-state index is 13.2. The van der Waals surface area contributed by atoms with Crippen LogP contribution >= 0.6 is 0 Å². The molecule has 2 rings (SSSR count). The largest absolute Gasteiger partial charge is 0.383 e. The monoisotopic (exact) mass is 362 g/mol.